The predicted octanol–water partition coefficient (Wildman–Crippen LogP) is 6.75. The lowest BCUT2D eigenvalue weighted by Gasteiger charge is -2.32. The highest BCUT2D eigenvalue weighted by Crippen LogP contribution is 2.40. The summed E-state index contributed by atoms with van der Waals surface area (Å²) < 4.78 is 65.7. The molecular weight excluding hydrogens is 408 g/mol. The lowest BCUT2D eigenvalue weighted by molar-refractivity contribution is -0.00746. The van der Waals surface area contributed by atoms with Crippen LogP contribution < -0.4 is 0 Å². The number of alkyl halides is 3. The normalized spacial score (nSPS) is 28.5. The standard InChI is InChI=1S/C22H29ClF4O2/c1-28-12-14-2-4-15(5-3-14)13-29-18-8-6-16(7-9-18)17-10-19(24)21(20(25)11-17)22(23,26)27/h10-11,14-16,18H,2-9,12-13H2,1H3. The number of hydrogen-bond acceptors (Lipinski definition) is 2. The average molecular weight is 437 g/mol. The molecule has 0 radical (unpaired) electrons. The third-order valence-corrected chi connectivity index (χ3v) is 6.62. The second-order valence-electron chi connectivity index (χ2n) is 8.51. The maximum absolute atomic E-state index is 14.0. The maximum atomic E-state index is 14.0. The van der Waals surface area contributed by atoms with Gasteiger partial charge in [0.1, 0.15) is 17.2 Å². The van der Waals surface area contributed by atoms with Gasteiger partial charge in [0, 0.05) is 20.3 Å². The number of rotatable bonds is 7. The zero-order valence-corrected chi connectivity index (χ0v) is 17.5. The molecule has 7 heteroatoms. The molecular formula is C22H29ClF4O2. The van der Waals surface area contributed by atoms with E-state index < -0.39 is 22.6 Å². The highest BCUT2D eigenvalue weighted by molar-refractivity contribution is 6.21. The molecule has 2 saturated carbocycles. The van der Waals surface area contributed by atoms with E-state index in [0.29, 0.717) is 17.4 Å². The maximum Gasteiger partial charge on any atom is 0.353 e. The van der Waals surface area contributed by atoms with Crippen LogP contribution in [-0.4, -0.2) is 26.4 Å². The van der Waals surface area contributed by atoms with Crippen molar-refractivity contribution < 1.29 is 27.0 Å². The fourth-order valence-electron chi connectivity index (χ4n) is 4.73. The molecule has 0 aliphatic heterocycles. The molecule has 0 bridgehead atoms. The second-order valence-corrected chi connectivity index (χ2v) is 8.98. The van der Waals surface area contributed by atoms with Gasteiger partial charge in [-0.25, -0.2) is 8.78 Å². The summed E-state index contributed by atoms with van der Waals surface area (Å²) >= 11 is 4.81. The van der Waals surface area contributed by atoms with Crippen molar-refractivity contribution in [1.82, 2.24) is 0 Å². The number of benzene rings is 1. The van der Waals surface area contributed by atoms with Crippen LogP contribution in [0.5, 0.6) is 0 Å². The molecule has 2 fully saturated rings. The molecule has 0 N–H and O–H groups in total. The summed E-state index contributed by atoms with van der Waals surface area (Å²) in [5.41, 5.74) is -0.959. The van der Waals surface area contributed by atoms with E-state index in [2.05, 4.69) is 0 Å². The van der Waals surface area contributed by atoms with Gasteiger partial charge >= 0.3 is 5.38 Å². The zero-order valence-electron chi connectivity index (χ0n) is 16.7. The van der Waals surface area contributed by atoms with Gasteiger partial charge in [-0.1, -0.05) is 0 Å². The number of halogens is 5. The molecule has 0 atom stereocenters. The molecule has 29 heavy (non-hydrogen) atoms. The van der Waals surface area contributed by atoms with Crippen molar-refractivity contribution in [1.29, 1.82) is 0 Å². The molecule has 0 unspecified atom stereocenters. The second kappa shape index (κ2) is 9.97. The molecule has 164 valence electrons. The molecule has 2 nitrogen and oxygen atoms in total. The van der Waals surface area contributed by atoms with Crippen LogP contribution in [0.3, 0.4) is 0 Å². The summed E-state index contributed by atoms with van der Waals surface area (Å²) in [7, 11) is 1.75. The van der Waals surface area contributed by atoms with E-state index >= 15 is 0 Å². The SMILES string of the molecule is COCC1CCC(COC2CCC(c3cc(F)c(C(F)(F)Cl)c(F)c3)CC2)CC1. The van der Waals surface area contributed by atoms with Crippen LogP contribution in [0.2, 0.25) is 0 Å². The van der Waals surface area contributed by atoms with Gasteiger partial charge in [0.25, 0.3) is 0 Å². The monoisotopic (exact) mass is 436 g/mol. The highest BCUT2D eigenvalue weighted by Gasteiger charge is 2.36. The molecule has 1 aromatic rings. The Hall–Kier alpha value is -0.850. The van der Waals surface area contributed by atoms with Gasteiger partial charge < -0.3 is 9.47 Å². The topological polar surface area (TPSA) is 18.5 Å². The first-order valence-electron chi connectivity index (χ1n) is 10.4. The van der Waals surface area contributed by atoms with E-state index in [1.54, 1.807) is 7.11 Å². The predicted molar refractivity (Wildman–Crippen MR) is 104 cm³/mol. The first kappa shape index (κ1) is 22.8. The number of ether oxygens (including phenoxy) is 2. The van der Waals surface area contributed by atoms with Crippen molar-refractivity contribution >= 4 is 11.6 Å². The van der Waals surface area contributed by atoms with E-state index in [9.17, 15) is 17.6 Å². The van der Waals surface area contributed by atoms with Crippen LogP contribution in [0.1, 0.15) is 68.4 Å². The highest BCUT2D eigenvalue weighted by atomic mass is 35.5. The van der Waals surface area contributed by atoms with E-state index in [0.717, 1.165) is 51.0 Å². The Morgan fingerprint density at radius 3 is 1.90 bits per heavy atom. The molecule has 3 rings (SSSR count). The number of hydrogen-bond donors (Lipinski definition) is 0. The Morgan fingerprint density at radius 2 is 1.41 bits per heavy atom. The minimum atomic E-state index is -4.05. The van der Waals surface area contributed by atoms with Crippen molar-refractivity contribution in [3.63, 3.8) is 0 Å². The van der Waals surface area contributed by atoms with Crippen LogP contribution >= 0.6 is 11.6 Å². The van der Waals surface area contributed by atoms with Crippen molar-refractivity contribution in [2.24, 2.45) is 11.8 Å². The smallest absolute Gasteiger partial charge is 0.353 e. The van der Waals surface area contributed by atoms with Crippen molar-refractivity contribution in [3.8, 4) is 0 Å². The zero-order chi connectivity index (χ0) is 21.0. The van der Waals surface area contributed by atoms with Crippen LogP contribution in [0.4, 0.5) is 17.6 Å². The summed E-state index contributed by atoms with van der Waals surface area (Å²) in [6.45, 7) is 1.60. The quantitative estimate of drug-likeness (QED) is 0.347. The Labute approximate surface area is 174 Å². The number of methoxy groups -OCH3 is 1. The Balaban J connectivity index is 1.46. The van der Waals surface area contributed by atoms with Gasteiger partial charge in [0.2, 0.25) is 0 Å². The van der Waals surface area contributed by atoms with Crippen LogP contribution in [-0.2, 0) is 14.9 Å². The first-order chi connectivity index (χ1) is 13.8. The molecule has 0 heterocycles. The molecule has 0 saturated heterocycles. The van der Waals surface area contributed by atoms with Gasteiger partial charge in [0.15, 0.2) is 0 Å². The minimum Gasteiger partial charge on any atom is -0.384 e. The summed E-state index contributed by atoms with van der Waals surface area (Å²) in [6, 6.07) is 2.00. The Bertz CT molecular complexity index is 640. The van der Waals surface area contributed by atoms with E-state index in [1.165, 1.54) is 25.7 Å². The summed E-state index contributed by atoms with van der Waals surface area (Å²) in [6.07, 6.45) is 7.91. The third-order valence-electron chi connectivity index (χ3n) is 6.43. The fourth-order valence-corrected chi connectivity index (χ4v) is 4.92. The van der Waals surface area contributed by atoms with Gasteiger partial charge in [-0.2, -0.15) is 8.78 Å². The van der Waals surface area contributed by atoms with Crippen molar-refractivity contribution in [3.05, 3.63) is 34.9 Å². The molecule has 1 aromatic carbocycles. The molecule has 0 aromatic heterocycles. The van der Waals surface area contributed by atoms with Crippen molar-refractivity contribution in [2.75, 3.05) is 20.3 Å². The summed E-state index contributed by atoms with van der Waals surface area (Å²) in [4.78, 5) is 0. The van der Waals surface area contributed by atoms with Crippen LogP contribution in [0, 0.1) is 23.5 Å². The lowest BCUT2D eigenvalue weighted by Crippen LogP contribution is -2.26. The summed E-state index contributed by atoms with van der Waals surface area (Å²) in [5.74, 6) is -1.38. The molecule has 0 spiro atoms. The van der Waals surface area contributed by atoms with Gasteiger partial charge in [-0.15, -0.1) is 0 Å². The first-order valence-corrected chi connectivity index (χ1v) is 10.8. The fraction of sp³-hybridized carbons (Fsp3) is 0.727. The summed E-state index contributed by atoms with van der Waals surface area (Å²) in [5, 5.41) is -4.05. The van der Waals surface area contributed by atoms with E-state index in [1.807, 2.05) is 0 Å². The lowest BCUT2D eigenvalue weighted by atomic mass is 9.81. The van der Waals surface area contributed by atoms with Gasteiger partial charge in [0.05, 0.1) is 6.10 Å². The molecule has 0 amide bonds. The van der Waals surface area contributed by atoms with Crippen molar-refractivity contribution in [2.45, 2.75) is 68.8 Å². The van der Waals surface area contributed by atoms with Crippen LogP contribution in [0.15, 0.2) is 12.1 Å². The molecule has 2 aliphatic rings. The van der Waals surface area contributed by atoms with E-state index in [-0.39, 0.29) is 12.0 Å². The van der Waals surface area contributed by atoms with Gasteiger partial charge in [-0.3, -0.25) is 0 Å². The Morgan fingerprint density at radius 1 is 0.897 bits per heavy atom. The third kappa shape index (κ3) is 6.08. The molecule has 2 aliphatic carbocycles. The largest absolute Gasteiger partial charge is 0.384 e. The average Bonchev–Trinajstić information content (AvgIpc) is 2.66. The van der Waals surface area contributed by atoms with E-state index in [4.69, 9.17) is 21.1 Å². The Kier molecular flexibility index (Phi) is 7.85. The minimum absolute atomic E-state index is 0.0543. The van der Waals surface area contributed by atoms with Gasteiger partial charge in [-0.05, 0) is 98.4 Å². The van der Waals surface area contributed by atoms with Crippen LogP contribution in [0.25, 0.3) is 0 Å².